The molecule has 3 nitrogen and oxygen atoms in total. The van der Waals surface area contributed by atoms with Gasteiger partial charge in [-0.15, -0.1) is 0 Å². The molecule has 0 unspecified atom stereocenters. The van der Waals surface area contributed by atoms with Crippen LogP contribution >= 0.6 is 15.9 Å². The molecule has 0 atom stereocenters. The van der Waals surface area contributed by atoms with Gasteiger partial charge >= 0.3 is 0 Å². The number of halogens is 1. The van der Waals surface area contributed by atoms with Crippen LogP contribution in [0.4, 0.5) is 5.69 Å². The standard InChI is InChI=1S/C17H13BrN2O/c1-11-6-7-13(10-15(11)18)20-17(21)16-14-5-3-2-4-12(14)8-9-19-16/h2-10H,1H3,(H,20,21). The highest BCUT2D eigenvalue weighted by Gasteiger charge is 2.12. The fourth-order valence-electron chi connectivity index (χ4n) is 2.16. The van der Waals surface area contributed by atoms with Crippen LogP contribution in [0.25, 0.3) is 10.8 Å². The smallest absolute Gasteiger partial charge is 0.274 e. The predicted molar refractivity (Wildman–Crippen MR) is 88.6 cm³/mol. The number of amides is 1. The minimum Gasteiger partial charge on any atom is -0.321 e. The van der Waals surface area contributed by atoms with Gasteiger partial charge in [0.2, 0.25) is 0 Å². The first-order valence-electron chi connectivity index (χ1n) is 6.56. The van der Waals surface area contributed by atoms with Crippen LogP contribution in [0.2, 0.25) is 0 Å². The lowest BCUT2D eigenvalue weighted by atomic mass is 10.1. The fraction of sp³-hybridized carbons (Fsp3) is 0.0588. The number of aryl methyl sites for hydroxylation is 1. The Labute approximate surface area is 131 Å². The summed E-state index contributed by atoms with van der Waals surface area (Å²) in [6.07, 6.45) is 1.66. The van der Waals surface area contributed by atoms with Crippen molar-refractivity contribution in [1.82, 2.24) is 4.98 Å². The van der Waals surface area contributed by atoms with Gasteiger partial charge in [-0.3, -0.25) is 9.78 Å². The SMILES string of the molecule is Cc1ccc(NC(=O)c2nccc3ccccc23)cc1Br. The summed E-state index contributed by atoms with van der Waals surface area (Å²) in [6.45, 7) is 2.00. The summed E-state index contributed by atoms with van der Waals surface area (Å²) in [5.41, 5.74) is 2.30. The van der Waals surface area contributed by atoms with Crippen molar-refractivity contribution in [2.24, 2.45) is 0 Å². The zero-order valence-corrected chi connectivity index (χ0v) is 13.0. The Morgan fingerprint density at radius 1 is 1.14 bits per heavy atom. The average molecular weight is 341 g/mol. The lowest BCUT2D eigenvalue weighted by molar-refractivity contribution is 0.102. The van der Waals surface area contributed by atoms with E-state index in [1.165, 1.54) is 0 Å². The summed E-state index contributed by atoms with van der Waals surface area (Å²) >= 11 is 3.47. The number of rotatable bonds is 2. The summed E-state index contributed by atoms with van der Waals surface area (Å²) in [5, 5.41) is 4.74. The number of anilines is 1. The number of carbonyl (C=O) groups is 1. The quantitative estimate of drug-likeness (QED) is 0.743. The molecule has 0 aliphatic heterocycles. The van der Waals surface area contributed by atoms with Crippen LogP contribution in [0.1, 0.15) is 16.1 Å². The highest BCUT2D eigenvalue weighted by molar-refractivity contribution is 9.10. The molecule has 104 valence electrons. The van der Waals surface area contributed by atoms with E-state index < -0.39 is 0 Å². The third kappa shape index (κ3) is 2.81. The van der Waals surface area contributed by atoms with Crippen LogP contribution in [0.3, 0.4) is 0 Å². The van der Waals surface area contributed by atoms with Crippen LogP contribution in [0.15, 0.2) is 59.2 Å². The average Bonchev–Trinajstić information content (AvgIpc) is 2.50. The topological polar surface area (TPSA) is 42.0 Å². The van der Waals surface area contributed by atoms with Gasteiger partial charge in [0, 0.05) is 21.7 Å². The van der Waals surface area contributed by atoms with Gasteiger partial charge in [-0.25, -0.2) is 0 Å². The molecule has 0 radical (unpaired) electrons. The summed E-state index contributed by atoms with van der Waals surface area (Å²) < 4.78 is 0.964. The predicted octanol–water partition coefficient (Wildman–Crippen LogP) is 4.56. The van der Waals surface area contributed by atoms with Crippen molar-refractivity contribution in [1.29, 1.82) is 0 Å². The first kappa shape index (κ1) is 13.8. The number of carbonyl (C=O) groups excluding carboxylic acids is 1. The molecule has 0 spiro atoms. The first-order valence-corrected chi connectivity index (χ1v) is 7.36. The van der Waals surface area contributed by atoms with Crippen LogP contribution in [0, 0.1) is 6.92 Å². The largest absolute Gasteiger partial charge is 0.321 e. The molecule has 0 saturated carbocycles. The zero-order valence-electron chi connectivity index (χ0n) is 11.4. The molecule has 1 aromatic heterocycles. The van der Waals surface area contributed by atoms with Gasteiger partial charge in [0.15, 0.2) is 0 Å². The van der Waals surface area contributed by atoms with E-state index in [9.17, 15) is 4.79 Å². The molecule has 0 bridgehead atoms. The van der Waals surface area contributed by atoms with Crippen LogP contribution < -0.4 is 5.32 Å². The summed E-state index contributed by atoms with van der Waals surface area (Å²) in [7, 11) is 0. The maximum Gasteiger partial charge on any atom is 0.274 e. The molecule has 21 heavy (non-hydrogen) atoms. The molecule has 0 saturated heterocycles. The van der Waals surface area contributed by atoms with Crippen molar-refractivity contribution in [3.05, 3.63) is 70.5 Å². The number of benzene rings is 2. The number of hydrogen-bond donors (Lipinski definition) is 1. The lowest BCUT2D eigenvalue weighted by Crippen LogP contribution is -2.14. The van der Waals surface area contributed by atoms with E-state index in [0.29, 0.717) is 5.69 Å². The van der Waals surface area contributed by atoms with Crippen molar-refractivity contribution < 1.29 is 4.79 Å². The molecule has 1 heterocycles. The maximum absolute atomic E-state index is 12.4. The molecule has 0 fully saturated rings. The van der Waals surface area contributed by atoms with Crippen molar-refractivity contribution in [3.63, 3.8) is 0 Å². The second-order valence-electron chi connectivity index (χ2n) is 4.80. The van der Waals surface area contributed by atoms with Gasteiger partial charge in [-0.05, 0) is 36.1 Å². The number of aromatic nitrogens is 1. The highest BCUT2D eigenvalue weighted by Crippen LogP contribution is 2.22. The van der Waals surface area contributed by atoms with Gasteiger partial charge in [0.1, 0.15) is 5.69 Å². The van der Waals surface area contributed by atoms with Gasteiger partial charge in [0.25, 0.3) is 5.91 Å². The zero-order chi connectivity index (χ0) is 14.8. The van der Waals surface area contributed by atoms with Crippen molar-refractivity contribution in [2.75, 3.05) is 5.32 Å². The number of hydrogen-bond acceptors (Lipinski definition) is 2. The minimum absolute atomic E-state index is 0.206. The van der Waals surface area contributed by atoms with E-state index in [1.807, 2.05) is 55.5 Å². The van der Waals surface area contributed by atoms with E-state index in [4.69, 9.17) is 0 Å². The summed E-state index contributed by atoms with van der Waals surface area (Å²) in [4.78, 5) is 16.7. The van der Waals surface area contributed by atoms with E-state index in [-0.39, 0.29) is 5.91 Å². The molecule has 1 amide bonds. The van der Waals surface area contributed by atoms with Crippen molar-refractivity contribution >= 4 is 38.3 Å². The summed E-state index contributed by atoms with van der Waals surface area (Å²) in [6, 6.07) is 15.3. The fourth-order valence-corrected chi connectivity index (χ4v) is 2.54. The minimum atomic E-state index is -0.206. The third-order valence-corrected chi connectivity index (χ3v) is 4.17. The lowest BCUT2D eigenvalue weighted by Gasteiger charge is -2.08. The van der Waals surface area contributed by atoms with E-state index in [0.717, 1.165) is 26.5 Å². The Balaban J connectivity index is 1.95. The van der Waals surface area contributed by atoms with Gasteiger partial charge in [-0.1, -0.05) is 46.3 Å². The molecule has 2 aromatic carbocycles. The van der Waals surface area contributed by atoms with Gasteiger partial charge < -0.3 is 5.32 Å². The third-order valence-electron chi connectivity index (χ3n) is 3.32. The normalized spacial score (nSPS) is 10.6. The Hall–Kier alpha value is -2.20. The van der Waals surface area contributed by atoms with Crippen LogP contribution in [0.5, 0.6) is 0 Å². The second kappa shape index (κ2) is 5.66. The first-order chi connectivity index (χ1) is 10.1. The molecule has 3 aromatic rings. The van der Waals surface area contributed by atoms with Gasteiger partial charge in [0.05, 0.1) is 0 Å². The Bertz CT molecular complexity index is 825. The van der Waals surface area contributed by atoms with Crippen molar-refractivity contribution in [2.45, 2.75) is 6.92 Å². The molecular weight excluding hydrogens is 328 g/mol. The van der Waals surface area contributed by atoms with Crippen LogP contribution in [-0.4, -0.2) is 10.9 Å². The molecule has 0 aliphatic carbocycles. The summed E-state index contributed by atoms with van der Waals surface area (Å²) in [5.74, 6) is -0.206. The van der Waals surface area contributed by atoms with E-state index >= 15 is 0 Å². The maximum atomic E-state index is 12.4. The molecule has 3 rings (SSSR count). The molecular formula is C17H13BrN2O. The second-order valence-corrected chi connectivity index (χ2v) is 5.65. The van der Waals surface area contributed by atoms with E-state index in [1.54, 1.807) is 6.20 Å². The van der Waals surface area contributed by atoms with Gasteiger partial charge in [-0.2, -0.15) is 0 Å². The molecule has 0 aliphatic rings. The molecule has 4 heteroatoms. The number of nitrogens with one attached hydrogen (secondary N) is 1. The Morgan fingerprint density at radius 3 is 2.76 bits per heavy atom. The Kier molecular flexibility index (Phi) is 3.71. The van der Waals surface area contributed by atoms with Crippen LogP contribution in [-0.2, 0) is 0 Å². The molecule has 1 N–H and O–H groups in total. The number of fused-ring (bicyclic) bond motifs is 1. The number of nitrogens with zero attached hydrogens (tertiary/aromatic N) is 1. The van der Waals surface area contributed by atoms with Crippen molar-refractivity contribution in [3.8, 4) is 0 Å². The van der Waals surface area contributed by atoms with E-state index in [2.05, 4.69) is 26.2 Å². The number of pyridine rings is 1. The highest BCUT2D eigenvalue weighted by atomic mass is 79.9. The monoisotopic (exact) mass is 340 g/mol. The Morgan fingerprint density at radius 2 is 1.95 bits per heavy atom.